The van der Waals surface area contributed by atoms with Crippen molar-refractivity contribution in [3.05, 3.63) is 35.9 Å². The van der Waals surface area contributed by atoms with Crippen molar-refractivity contribution in [2.45, 2.75) is 49.9 Å². The molecule has 146 valence electrons. The van der Waals surface area contributed by atoms with Gasteiger partial charge in [-0.15, -0.1) is 12.4 Å². The van der Waals surface area contributed by atoms with Crippen molar-refractivity contribution in [1.29, 1.82) is 0 Å². The van der Waals surface area contributed by atoms with Gasteiger partial charge in [0.2, 0.25) is 15.9 Å². The first-order valence-corrected chi connectivity index (χ1v) is 10.5. The second kappa shape index (κ2) is 8.69. The van der Waals surface area contributed by atoms with Gasteiger partial charge in [-0.05, 0) is 31.2 Å². The summed E-state index contributed by atoms with van der Waals surface area (Å²) in [6.07, 6.45) is 2.89. The normalized spacial score (nSPS) is 21.5. The molecule has 1 aliphatic heterocycles. The second-order valence-electron chi connectivity index (χ2n) is 7.15. The van der Waals surface area contributed by atoms with Gasteiger partial charge in [-0.3, -0.25) is 4.79 Å². The average Bonchev–Trinajstić information content (AvgIpc) is 3.47. The number of amides is 1. The van der Waals surface area contributed by atoms with Crippen LogP contribution in [-0.2, 0) is 14.8 Å². The number of halogens is 1. The minimum atomic E-state index is -3.11. The molecule has 1 aromatic carbocycles. The zero-order valence-corrected chi connectivity index (χ0v) is 16.6. The van der Waals surface area contributed by atoms with Crippen LogP contribution in [-0.4, -0.2) is 43.0 Å². The summed E-state index contributed by atoms with van der Waals surface area (Å²) in [5, 5.41) is 2.88. The molecule has 2 atom stereocenters. The topological polar surface area (TPSA) is 92.5 Å². The lowest BCUT2D eigenvalue weighted by Gasteiger charge is -2.32. The first kappa shape index (κ1) is 21.2. The van der Waals surface area contributed by atoms with E-state index in [1.165, 1.54) is 0 Å². The van der Waals surface area contributed by atoms with E-state index in [2.05, 4.69) is 5.32 Å². The lowest BCUT2D eigenvalue weighted by molar-refractivity contribution is -0.126. The number of rotatable bonds is 6. The first-order chi connectivity index (χ1) is 11.9. The summed E-state index contributed by atoms with van der Waals surface area (Å²) in [4.78, 5) is 12.5. The number of carbonyl (C=O) groups excluding carboxylic acids is 1. The standard InChI is InChI=1S/C18H27N3O3S.ClH/c1-13(17(19)14-5-3-2-4-6-14)18(22)20-15-9-11-21(12-10-15)25(23,24)16-7-8-16;/h2-6,13,15-17H,7-12,19H2,1H3,(H,20,22);1H. The van der Waals surface area contributed by atoms with Gasteiger partial charge in [0.25, 0.3) is 0 Å². The molecule has 1 aromatic rings. The van der Waals surface area contributed by atoms with E-state index in [0.717, 1.165) is 18.4 Å². The minimum Gasteiger partial charge on any atom is -0.353 e. The van der Waals surface area contributed by atoms with E-state index < -0.39 is 10.0 Å². The van der Waals surface area contributed by atoms with Gasteiger partial charge >= 0.3 is 0 Å². The van der Waals surface area contributed by atoms with Gasteiger partial charge in [-0.2, -0.15) is 0 Å². The molecule has 1 aliphatic carbocycles. The fraction of sp³-hybridized carbons (Fsp3) is 0.611. The minimum absolute atomic E-state index is 0. The second-order valence-corrected chi connectivity index (χ2v) is 9.36. The van der Waals surface area contributed by atoms with Crippen LogP contribution >= 0.6 is 12.4 Å². The number of piperidine rings is 1. The molecule has 8 heteroatoms. The third-order valence-corrected chi connectivity index (χ3v) is 7.64. The van der Waals surface area contributed by atoms with Crippen molar-refractivity contribution in [3.8, 4) is 0 Å². The van der Waals surface area contributed by atoms with Crippen molar-refractivity contribution < 1.29 is 13.2 Å². The molecule has 1 heterocycles. The Morgan fingerprint density at radius 1 is 1.15 bits per heavy atom. The predicted molar refractivity (Wildman–Crippen MR) is 104 cm³/mol. The number of nitrogens with two attached hydrogens (primary N) is 1. The SMILES string of the molecule is CC(C(=O)NC1CCN(S(=O)(=O)C2CC2)CC1)C(N)c1ccccc1.Cl. The van der Waals surface area contributed by atoms with Crippen LogP contribution in [0, 0.1) is 5.92 Å². The molecule has 6 nitrogen and oxygen atoms in total. The van der Waals surface area contributed by atoms with Crippen molar-refractivity contribution in [3.63, 3.8) is 0 Å². The number of hydrogen-bond acceptors (Lipinski definition) is 4. The molecule has 1 saturated carbocycles. The van der Waals surface area contributed by atoms with Crippen LogP contribution in [0.25, 0.3) is 0 Å². The number of hydrogen-bond donors (Lipinski definition) is 2. The van der Waals surface area contributed by atoms with Crippen LogP contribution in [0.3, 0.4) is 0 Å². The highest BCUT2D eigenvalue weighted by atomic mass is 35.5. The van der Waals surface area contributed by atoms with Crippen LogP contribution in [0.4, 0.5) is 0 Å². The zero-order valence-electron chi connectivity index (χ0n) is 15.0. The van der Waals surface area contributed by atoms with E-state index in [-0.39, 0.29) is 41.6 Å². The third-order valence-electron chi connectivity index (χ3n) is 5.24. The Hall–Kier alpha value is -1.15. The summed E-state index contributed by atoms with van der Waals surface area (Å²) >= 11 is 0. The molecule has 0 aromatic heterocycles. The molecule has 0 spiro atoms. The molecule has 26 heavy (non-hydrogen) atoms. The molecule has 0 bridgehead atoms. The monoisotopic (exact) mass is 401 g/mol. The van der Waals surface area contributed by atoms with Crippen LogP contribution in [0.15, 0.2) is 30.3 Å². The van der Waals surface area contributed by atoms with Gasteiger partial charge in [0.1, 0.15) is 0 Å². The van der Waals surface area contributed by atoms with Gasteiger partial charge in [-0.25, -0.2) is 12.7 Å². The number of carbonyl (C=O) groups is 1. The summed E-state index contributed by atoms with van der Waals surface area (Å²) in [5.74, 6) is -0.407. The lowest BCUT2D eigenvalue weighted by Crippen LogP contribution is -2.49. The fourth-order valence-electron chi connectivity index (χ4n) is 3.29. The van der Waals surface area contributed by atoms with Gasteiger partial charge < -0.3 is 11.1 Å². The van der Waals surface area contributed by atoms with Crippen LogP contribution in [0.5, 0.6) is 0 Å². The molecule has 3 N–H and O–H groups in total. The maximum Gasteiger partial charge on any atom is 0.224 e. The molecule has 2 unspecified atom stereocenters. The van der Waals surface area contributed by atoms with Crippen LogP contribution in [0.1, 0.15) is 44.2 Å². The molecule has 1 amide bonds. The van der Waals surface area contributed by atoms with Gasteiger partial charge in [-0.1, -0.05) is 37.3 Å². The maximum absolute atomic E-state index is 12.5. The van der Waals surface area contributed by atoms with Crippen molar-refractivity contribution in [2.75, 3.05) is 13.1 Å². The Bertz CT molecular complexity index is 702. The number of benzene rings is 1. The summed E-state index contributed by atoms with van der Waals surface area (Å²) in [6, 6.07) is 9.27. The third kappa shape index (κ3) is 4.76. The molecule has 1 saturated heterocycles. The van der Waals surface area contributed by atoms with E-state index in [0.29, 0.717) is 25.9 Å². The van der Waals surface area contributed by atoms with E-state index in [9.17, 15) is 13.2 Å². The maximum atomic E-state index is 12.5. The Balaban J connectivity index is 0.00000243. The molecular weight excluding hydrogens is 374 g/mol. The van der Waals surface area contributed by atoms with Crippen molar-refractivity contribution >= 4 is 28.3 Å². The summed E-state index contributed by atoms with van der Waals surface area (Å²) in [5.41, 5.74) is 7.16. The van der Waals surface area contributed by atoms with E-state index in [4.69, 9.17) is 5.73 Å². The Kier molecular flexibility index (Phi) is 7.07. The first-order valence-electron chi connectivity index (χ1n) is 8.99. The lowest BCUT2D eigenvalue weighted by atomic mass is 9.94. The van der Waals surface area contributed by atoms with E-state index >= 15 is 0 Å². The smallest absolute Gasteiger partial charge is 0.224 e. The van der Waals surface area contributed by atoms with Gasteiger partial charge in [0, 0.05) is 25.2 Å². The summed E-state index contributed by atoms with van der Waals surface area (Å²) < 4.78 is 26.1. The van der Waals surface area contributed by atoms with E-state index in [1.807, 2.05) is 37.3 Å². The highest BCUT2D eigenvalue weighted by Crippen LogP contribution is 2.32. The molecule has 2 aliphatic rings. The van der Waals surface area contributed by atoms with Crippen LogP contribution < -0.4 is 11.1 Å². The Labute approximate surface area is 162 Å². The number of nitrogens with zero attached hydrogens (tertiary/aromatic N) is 1. The predicted octanol–water partition coefficient (Wildman–Crippen LogP) is 1.82. The van der Waals surface area contributed by atoms with Crippen LogP contribution in [0.2, 0.25) is 0 Å². The van der Waals surface area contributed by atoms with Gasteiger partial charge in [0.15, 0.2) is 0 Å². The number of sulfonamides is 1. The molecular formula is C18H28ClN3O3S. The summed E-state index contributed by atoms with van der Waals surface area (Å²) in [7, 11) is -3.11. The molecule has 2 fully saturated rings. The Morgan fingerprint density at radius 3 is 2.27 bits per heavy atom. The highest BCUT2D eigenvalue weighted by molar-refractivity contribution is 7.90. The molecule has 3 rings (SSSR count). The highest BCUT2D eigenvalue weighted by Gasteiger charge is 2.41. The van der Waals surface area contributed by atoms with E-state index in [1.54, 1.807) is 4.31 Å². The van der Waals surface area contributed by atoms with Gasteiger partial charge in [0.05, 0.1) is 11.2 Å². The van der Waals surface area contributed by atoms with Crippen molar-refractivity contribution in [1.82, 2.24) is 9.62 Å². The fourth-order valence-corrected chi connectivity index (χ4v) is 5.16. The Morgan fingerprint density at radius 2 is 1.73 bits per heavy atom. The molecule has 0 radical (unpaired) electrons. The zero-order chi connectivity index (χ0) is 18.0. The largest absolute Gasteiger partial charge is 0.353 e. The van der Waals surface area contributed by atoms with Crippen molar-refractivity contribution in [2.24, 2.45) is 11.7 Å². The quantitative estimate of drug-likeness (QED) is 0.760. The summed E-state index contributed by atoms with van der Waals surface area (Å²) in [6.45, 7) is 2.81. The average molecular weight is 402 g/mol. The number of nitrogens with one attached hydrogen (secondary N) is 1.